The third-order valence-electron chi connectivity index (χ3n) is 6.06. The predicted molar refractivity (Wildman–Crippen MR) is 115 cm³/mol. The molecule has 0 bridgehead atoms. The Hall–Kier alpha value is -3.63. The Bertz CT molecular complexity index is 1120. The van der Waals surface area contributed by atoms with Gasteiger partial charge in [-0.3, -0.25) is 4.79 Å². The summed E-state index contributed by atoms with van der Waals surface area (Å²) in [5.74, 6) is 1.36. The number of hydrogen-bond donors (Lipinski definition) is 0. The minimum atomic E-state index is -4.37. The average Bonchev–Trinajstić information content (AvgIpc) is 3.33. The first-order valence-electron chi connectivity index (χ1n) is 10.7. The molecule has 0 saturated carbocycles. The zero-order chi connectivity index (χ0) is 23.0. The molecular formula is C22H22F3N7O. The fourth-order valence-corrected chi connectivity index (χ4v) is 4.18. The summed E-state index contributed by atoms with van der Waals surface area (Å²) in [6, 6.07) is 8.98. The van der Waals surface area contributed by atoms with E-state index >= 15 is 0 Å². The van der Waals surface area contributed by atoms with E-state index in [2.05, 4.69) is 15.1 Å². The second-order valence-electron chi connectivity index (χ2n) is 8.15. The first-order chi connectivity index (χ1) is 15.9. The van der Waals surface area contributed by atoms with E-state index in [1.807, 2.05) is 21.9 Å². The number of amides is 1. The highest BCUT2D eigenvalue weighted by atomic mass is 19.4. The van der Waals surface area contributed by atoms with Gasteiger partial charge in [-0.15, -0.1) is 0 Å². The number of carbonyl (C=O) groups is 1. The lowest BCUT2D eigenvalue weighted by Gasteiger charge is -2.43. The molecule has 172 valence electrons. The number of anilines is 2. The maximum absolute atomic E-state index is 13.0. The molecule has 11 heteroatoms. The van der Waals surface area contributed by atoms with E-state index in [1.54, 1.807) is 28.0 Å². The van der Waals surface area contributed by atoms with E-state index in [9.17, 15) is 18.0 Å². The molecule has 0 spiro atoms. The Kier molecular flexibility index (Phi) is 5.39. The summed E-state index contributed by atoms with van der Waals surface area (Å²) in [5, 5.41) is 4.17. The van der Waals surface area contributed by atoms with E-state index < -0.39 is 11.7 Å². The molecule has 2 aliphatic heterocycles. The Morgan fingerprint density at radius 2 is 1.70 bits per heavy atom. The highest BCUT2D eigenvalue weighted by Crippen LogP contribution is 2.32. The van der Waals surface area contributed by atoms with E-state index in [0.717, 1.165) is 11.9 Å². The Balaban J connectivity index is 1.15. The lowest BCUT2D eigenvalue weighted by Crippen LogP contribution is -2.58. The fraction of sp³-hybridized carbons (Fsp3) is 0.364. The van der Waals surface area contributed by atoms with Crippen LogP contribution in [0.2, 0.25) is 0 Å². The van der Waals surface area contributed by atoms with Gasteiger partial charge < -0.3 is 14.7 Å². The summed E-state index contributed by atoms with van der Waals surface area (Å²) in [7, 11) is 0. The lowest BCUT2D eigenvalue weighted by molar-refractivity contribution is -0.137. The monoisotopic (exact) mass is 457 g/mol. The molecule has 4 heterocycles. The van der Waals surface area contributed by atoms with Crippen LogP contribution in [0.5, 0.6) is 0 Å². The average molecular weight is 457 g/mol. The van der Waals surface area contributed by atoms with Gasteiger partial charge in [0, 0.05) is 63.4 Å². The number of rotatable bonds is 4. The van der Waals surface area contributed by atoms with E-state index in [1.165, 1.54) is 18.5 Å². The molecule has 3 aromatic rings. The van der Waals surface area contributed by atoms with Crippen LogP contribution in [-0.2, 0) is 11.0 Å². The molecule has 2 aromatic heterocycles. The number of nitrogens with zero attached hydrogens (tertiary/aromatic N) is 7. The highest BCUT2D eigenvalue weighted by Gasteiger charge is 2.37. The molecule has 0 atom stereocenters. The van der Waals surface area contributed by atoms with Gasteiger partial charge in [-0.1, -0.05) is 6.07 Å². The standard InChI is InChI=1S/C22H22F3N7O/c23-22(24,25)17-3-1-4-18(11-17)29-7-9-30(10-8-29)21(33)16-13-31(14-16)19-12-20(27-15-26-19)32-6-2-5-28-32/h1-6,11-12,15-16H,7-10,13-14H2. The van der Waals surface area contributed by atoms with Crippen molar-refractivity contribution in [3.8, 4) is 5.82 Å². The van der Waals surface area contributed by atoms with Crippen molar-refractivity contribution in [1.82, 2.24) is 24.6 Å². The van der Waals surface area contributed by atoms with Crippen LogP contribution in [0, 0.1) is 5.92 Å². The molecule has 0 N–H and O–H groups in total. The second kappa shape index (κ2) is 8.38. The maximum atomic E-state index is 13.0. The molecule has 1 aromatic carbocycles. The molecule has 2 saturated heterocycles. The molecular weight excluding hydrogens is 435 g/mol. The zero-order valence-electron chi connectivity index (χ0n) is 17.7. The molecule has 0 aliphatic carbocycles. The summed E-state index contributed by atoms with van der Waals surface area (Å²) < 4.78 is 40.6. The third-order valence-corrected chi connectivity index (χ3v) is 6.06. The Morgan fingerprint density at radius 3 is 2.39 bits per heavy atom. The topological polar surface area (TPSA) is 70.4 Å². The van der Waals surface area contributed by atoms with E-state index in [0.29, 0.717) is 50.8 Å². The number of carbonyl (C=O) groups excluding carboxylic acids is 1. The lowest BCUT2D eigenvalue weighted by atomic mass is 9.98. The van der Waals surface area contributed by atoms with E-state index in [4.69, 9.17) is 0 Å². The van der Waals surface area contributed by atoms with Gasteiger partial charge in [0.2, 0.25) is 5.91 Å². The van der Waals surface area contributed by atoms with Crippen LogP contribution in [0.15, 0.2) is 55.1 Å². The first kappa shape index (κ1) is 21.2. The number of hydrogen-bond acceptors (Lipinski definition) is 6. The SMILES string of the molecule is O=C(C1CN(c2cc(-n3cccn3)ncn2)C1)N1CCN(c2cccc(C(F)(F)F)c2)CC1. The van der Waals surface area contributed by atoms with Gasteiger partial charge >= 0.3 is 6.18 Å². The van der Waals surface area contributed by atoms with Gasteiger partial charge in [0.1, 0.15) is 12.1 Å². The van der Waals surface area contributed by atoms with Crippen molar-refractivity contribution in [3.63, 3.8) is 0 Å². The van der Waals surface area contributed by atoms with Crippen LogP contribution >= 0.6 is 0 Å². The third kappa shape index (κ3) is 4.35. The number of piperazine rings is 1. The summed E-state index contributed by atoms with van der Waals surface area (Å²) >= 11 is 0. The van der Waals surface area contributed by atoms with Gasteiger partial charge in [0.25, 0.3) is 0 Å². The van der Waals surface area contributed by atoms with Crippen molar-refractivity contribution in [1.29, 1.82) is 0 Å². The van der Waals surface area contributed by atoms with Gasteiger partial charge in [-0.05, 0) is 24.3 Å². The number of benzene rings is 1. The predicted octanol–water partition coefficient (Wildman–Crippen LogP) is 2.47. The van der Waals surface area contributed by atoms with Crippen molar-refractivity contribution in [2.45, 2.75) is 6.18 Å². The van der Waals surface area contributed by atoms with Crippen molar-refractivity contribution < 1.29 is 18.0 Å². The molecule has 2 fully saturated rings. The summed E-state index contributed by atoms with van der Waals surface area (Å²) in [6.07, 6.45) is 0.585. The molecule has 0 radical (unpaired) electrons. The van der Waals surface area contributed by atoms with Crippen molar-refractivity contribution in [3.05, 3.63) is 60.7 Å². The van der Waals surface area contributed by atoms with Crippen molar-refractivity contribution in [2.75, 3.05) is 49.1 Å². The molecule has 5 rings (SSSR count). The Labute approximate surface area is 188 Å². The zero-order valence-corrected chi connectivity index (χ0v) is 17.7. The number of alkyl halides is 3. The van der Waals surface area contributed by atoms with Crippen molar-refractivity contribution >= 4 is 17.4 Å². The molecule has 1 amide bonds. The van der Waals surface area contributed by atoms with Crippen molar-refractivity contribution in [2.24, 2.45) is 5.92 Å². The van der Waals surface area contributed by atoms with Crippen LogP contribution < -0.4 is 9.80 Å². The highest BCUT2D eigenvalue weighted by molar-refractivity contribution is 5.82. The minimum Gasteiger partial charge on any atom is -0.368 e. The number of halogens is 3. The van der Waals surface area contributed by atoms with Crippen LogP contribution in [0.25, 0.3) is 5.82 Å². The minimum absolute atomic E-state index is 0.0799. The van der Waals surface area contributed by atoms with Crippen LogP contribution in [0.3, 0.4) is 0 Å². The van der Waals surface area contributed by atoms with Gasteiger partial charge in [-0.2, -0.15) is 18.3 Å². The molecule has 2 aliphatic rings. The molecule has 33 heavy (non-hydrogen) atoms. The van der Waals surface area contributed by atoms with Crippen LogP contribution in [0.4, 0.5) is 24.7 Å². The summed E-state index contributed by atoms with van der Waals surface area (Å²) in [6.45, 7) is 3.13. The first-order valence-corrected chi connectivity index (χ1v) is 10.7. The Morgan fingerprint density at radius 1 is 0.939 bits per heavy atom. The second-order valence-corrected chi connectivity index (χ2v) is 8.15. The fourth-order valence-electron chi connectivity index (χ4n) is 4.18. The smallest absolute Gasteiger partial charge is 0.368 e. The molecule has 0 unspecified atom stereocenters. The van der Waals surface area contributed by atoms with Gasteiger partial charge in [0.15, 0.2) is 5.82 Å². The quantitative estimate of drug-likeness (QED) is 0.600. The summed E-state index contributed by atoms with van der Waals surface area (Å²) in [4.78, 5) is 27.2. The van der Waals surface area contributed by atoms with E-state index in [-0.39, 0.29) is 11.8 Å². The molecule has 8 nitrogen and oxygen atoms in total. The normalized spacial score (nSPS) is 17.2. The largest absolute Gasteiger partial charge is 0.416 e. The van der Waals surface area contributed by atoms with Crippen LogP contribution in [-0.4, -0.2) is 69.8 Å². The maximum Gasteiger partial charge on any atom is 0.416 e. The van der Waals surface area contributed by atoms with Gasteiger partial charge in [0.05, 0.1) is 11.5 Å². The van der Waals surface area contributed by atoms with Crippen LogP contribution in [0.1, 0.15) is 5.56 Å². The summed E-state index contributed by atoms with van der Waals surface area (Å²) in [5.41, 5.74) is -0.128. The number of aromatic nitrogens is 4. The van der Waals surface area contributed by atoms with Gasteiger partial charge in [-0.25, -0.2) is 14.6 Å².